The number of pyridine rings is 1. The zero-order chi connectivity index (χ0) is 53.4. The summed E-state index contributed by atoms with van der Waals surface area (Å²) in [6.45, 7) is 28.4. The maximum atomic E-state index is 7.12. The summed E-state index contributed by atoms with van der Waals surface area (Å²) in [7, 11) is 0. The van der Waals surface area contributed by atoms with E-state index in [1.165, 1.54) is 61.3 Å². The van der Waals surface area contributed by atoms with E-state index >= 15 is 0 Å². The van der Waals surface area contributed by atoms with Crippen molar-refractivity contribution in [2.75, 3.05) is 16.5 Å². The zero-order valence-electron chi connectivity index (χ0n) is 46.5. The lowest BCUT2D eigenvalue weighted by atomic mass is 9.73. The highest BCUT2D eigenvalue weighted by Crippen LogP contribution is 2.50. The number of hydrogen-bond acceptors (Lipinski definition) is 4. The molecule has 0 unspecified atom stereocenters. The maximum Gasteiger partial charge on any atom is 0.137 e. The summed E-state index contributed by atoms with van der Waals surface area (Å²) in [6, 6.07) is 73.4. The molecule has 0 saturated carbocycles. The molecule has 0 saturated heterocycles. The molecule has 0 amide bonds. The number of benzene rings is 8. The molecule has 0 bridgehead atoms. The summed E-state index contributed by atoms with van der Waals surface area (Å²) in [6.07, 6.45) is 1.95. The summed E-state index contributed by atoms with van der Waals surface area (Å²) in [5.41, 5.74) is 15.9. The van der Waals surface area contributed by atoms with Gasteiger partial charge in [0, 0.05) is 56.7 Å². The van der Waals surface area contributed by atoms with Crippen molar-refractivity contribution >= 4 is 44.6 Å². The Morgan fingerprint density at radius 2 is 0.868 bits per heavy atom. The van der Waals surface area contributed by atoms with Gasteiger partial charge in [0.2, 0.25) is 0 Å². The van der Waals surface area contributed by atoms with Gasteiger partial charge in [0.15, 0.2) is 0 Å². The lowest BCUT2D eigenvalue weighted by Crippen LogP contribution is -2.27. The van der Waals surface area contributed by atoms with E-state index in [-0.39, 0.29) is 27.1 Å². The van der Waals surface area contributed by atoms with Crippen LogP contribution in [0.4, 0.5) is 22.7 Å². The van der Waals surface area contributed by atoms with Crippen molar-refractivity contribution in [3.63, 3.8) is 0 Å². The smallest absolute Gasteiger partial charge is 0.137 e. The van der Waals surface area contributed by atoms with Crippen molar-refractivity contribution < 1.29 is 4.74 Å². The molecule has 0 N–H and O–H groups in total. The average Bonchev–Trinajstić information content (AvgIpc) is 3.99. The largest absolute Gasteiger partial charge is 0.457 e. The van der Waals surface area contributed by atoms with Crippen molar-refractivity contribution in [1.29, 1.82) is 0 Å². The van der Waals surface area contributed by atoms with Crippen molar-refractivity contribution in [1.82, 2.24) is 9.55 Å². The zero-order valence-corrected chi connectivity index (χ0v) is 46.5. The predicted molar refractivity (Wildman–Crippen MR) is 320 cm³/mol. The first-order valence-electron chi connectivity index (χ1n) is 27.0. The summed E-state index contributed by atoms with van der Waals surface area (Å²) in [4.78, 5) is 10.1. The lowest BCUT2D eigenvalue weighted by Gasteiger charge is -2.33. The summed E-state index contributed by atoms with van der Waals surface area (Å²) < 4.78 is 9.42. The molecule has 11 rings (SSSR count). The van der Waals surface area contributed by atoms with E-state index in [1.54, 1.807) is 0 Å². The predicted octanol–water partition coefficient (Wildman–Crippen LogP) is 18.8. The number of anilines is 4. The minimum absolute atomic E-state index is 0.0523. The molecule has 5 nitrogen and oxygen atoms in total. The van der Waals surface area contributed by atoms with Gasteiger partial charge in [0.1, 0.15) is 24.0 Å². The Morgan fingerprint density at radius 1 is 0.355 bits per heavy atom. The molecule has 1 aliphatic rings. The quantitative estimate of drug-likeness (QED) is 0.129. The Balaban J connectivity index is 1.03. The van der Waals surface area contributed by atoms with E-state index in [4.69, 9.17) is 9.72 Å². The van der Waals surface area contributed by atoms with Crippen LogP contribution in [0.3, 0.4) is 0 Å². The van der Waals surface area contributed by atoms with Gasteiger partial charge in [-0.05, 0) is 122 Å². The summed E-state index contributed by atoms with van der Waals surface area (Å²) in [5, 5.41) is 2.32. The monoisotopic (exact) mass is 997 g/mol. The van der Waals surface area contributed by atoms with Gasteiger partial charge in [-0.2, -0.15) is 0 Å². The second kappa shape index (κ2) is 18.7. The van der Waals surface area contributed by atoms with Crippen LogP contribution in [0.2, 0.25) is 0 Å². The highest BCUT2D eigenvalue weighted by molar-refractivity contribution is 6.09. The molecular formula is C71H72N4O. The van der Waals surface area contributed by atoms with Gasteiger partial charge in [0.25, 0.3) is 0 Å². The molecule has 76 heavy (non-hydrogen) atoms. The van der Waals surface area contributed by atoms with Crippen LogP contribution in [0.5, 0.6) is 11.5 Å². The molecule has 3 heterocycles. The number of aromatic nitrogens is 2. The van der Waals surface area contributed by atoms with Gasteiger partial charge >= 0.3 is 0 Å². The van der Waals surface area contributed by atoms with Crippen LogP contribution in [0, 0.1) is 0 Å². The fourth-order valence-electron chi connectivity index (χ4n) is 11.3. The van der Waals surface area contributed by atoms with Crippen LogP contribution in [-0.2, 0) is 27.1 Å². The first kappa shape index (κ1) is 50.3. The molecule has 382 valence electrons. The Kier molecular flexibility index (Phi) is 12.4. The number of rotatable bonds is 11. The van der Waals surface area contributed by atoms with Gasteiger partial charge in [-0.25, -0.2) is 4.98 Å². The molecule has 1 aliphatic heterocycles. The van der Waals surface area contributed by atoms with Crippen molar-refractivity contribution in [2.45, 2.75) is 110 Å². The van der Waals surface area contributed by atoms with Gasteiger partial charge in [-0.1, -0.05) is 204 Å². The second-order valence-electron chi connectivity index (χ2n) is 24.7. The Bertz CT molecular complexity index is 3690. The molecular weight excluding hydrogens is 925 g/mol. The van der Waals surface area contributed by atoms with E-state index in [0.29, 0.717) is 6.67 Å². The summed E-state index contributed by atoms with van der Waals surface area (Å²) in [5.74, 6) is 2.43. The van der Waals surface area contributed by atoms with Crippen molar-refractivity contribution in [3.05, 3.63) is 251 Å². The van der Waals surface area contributed by atoms with Gasteiger partial charge < -0.3 is 14.5 Å². The fourth-order valence-corrected chi connectivity index (χ4v) is 11.3. The third-order valence-electron chi connectivity index (χ3n) is 16.5. The number of para-hydroxylation sites is 1. The maximum absolute atomic E-state index is 7.12. The number of fused-ring (bicyclic) bond motifs is 4. The van der Waals surface area contributed by atoms with E-state index in [1.807, 2.05) is 6.20 Å². The van der Waals surface area contributed by atoms with E-state index in [2.05, 4.69) is 298 Å². The molecule has 0 spiro atoms. The minimum Gasteiger partial charge on any atom is -0.457 e. The van der Waals surface area contributed by atoms with Crippen LogP contribution in [0.25, 0.3) is 27.6 Å². The second-order valence-corrected chi connectivity index (χ2v) is 24.7. The first-order chi connectivity index (χ1) is 36.2. The lowest BCUT2D eigenvalue weighted by molar-refractivity contribution is 0.479. The van der Waals surface area contributed by atoms with Crippen LogP contribution in [0.1, 0.15) is 128 Å². The standard InChI is InChI=1S/C71H72N4O/c1-67(2,3)51-32-35-63-65(43-51)74(56-40-54(70(9,10)49-26-18-14-19-27-49)38-55(41-56)71(11,12)50-28-20-15-21-29-50)47-73(63)57-39-53(68(4,5)6)42-59(45-57)76-58-33-34-61-60-30-22-23-31-62(60)75(64(61)46-58)66-44-52(36-37-72-66)69(7,8)48-24-16-13-17-25-48/h13-46H,47H2,1-12H3. The topological polar surface area (TPSA) is 33.5 Å². The first-order valence-corrected chi connectivity index (χ1v) is 27.0. The van der Waals surface area contributed by atoms with E-state index < -0.39 is 0 Å². The summed E-state index contributed by atoms with van der Waals surface area (Å²) >= 11 is 0. The highest BCUT2D eigenvalue weighted by Gasteiger charge is 2.35. The highest BCUT2D eigenvalue weighted by atomic mass is 16.5. The third-order valence-corrected chi connectivity index (χ3v) is 16.5. The Labute approximate surface area is 451 Å². The van der Waals surface area contributed by atoms with Crippen LogP contribution in [0.15, 0.2) is 206 Å². The van der Waals surface area contributed by atoms with Gasteiger partial charge in [0.05, 0.1) is 22.4 Å². The molecule has 0 atom stereocenters. The van der Waals surface area contributed by atoms with Gasteiger partial charge in [-0.15, -0.1) is 0 Å². The number of hydrogen-bond donors (Lipinski definition) is 0. The van der Waals surface area contributed by atoms with E-state index in [0.717, 1.165) is 45.1 Å². The van der Waals surface area contributed by atoms with Crippen molar-refractivity contribution in [3.8, 4) is 17.3 Å². The van der Waals surface area contributed by atoms with Gasteiger partial charge in [-0.3, -0.25) is 4.57 Å². The normalized spacial score (nSPS) is 13.4. The molecule has 2 aromatic heterocycles. The third kappa shape index (κ3) is 9.14. The van der Waals surface area contributed by atoms with Crippen LogP contribution < -0.4 is 14.5 Å². The molecule has 0 aliphatic carbocycles. The number of ether oxygens (including phenoxy) is 1. The Morgan fingerprint density at radius 3 is 1.46 bits per heavy atom. The number of nitrogens with zero attached hydrogens (tertiary/aromatic N) is 4. The molecule has 0 fully saturated rings. The molecule has 5 heteroatoms. The average molecular weight is 997 g/mol. The van der Waals surface area contributed by atoms with Crippen LogP contribution in [-0.4, -0.2) is 16.2 Å². The molecule has 8 aromatic carbocycles. The minimum atomic E-state index is -0.265. The Hall–Kier alpha value is -7.89. The van der Waals surface area contributed by atoms with Crippen LogP contribution >= 0.6 is 0 Å². The van der Waals surface area contributed by atoms with Crippen molar-refractivity contribution in [2.24, 2.45) is 0 Å². The fraction of sp³-hybridized carbons (Fsp3) is 0.254. The molecule has 0 radical (unpaired) electrons. The SMILES string of the molecule is CC(C)(C)c1cc(Oc2ccc3c4ccccc4n(-c4cc(C(C)(C)c5ccccc5)ccn4)c3c2)cc(N2CN(c3cc(C(C)(C)c4ccccc4)cc(C(C)(C)c4ccccc4)c3)c3cc(C(C)(C)C)ccc32)c1. The van der Waals surface area contributed by atoms with E-state index in [9.17, 15) is 0 Å². The molecule has 10 aromatic rings.